The average molecular weight is 313 g/mol. The van der Waals surface area contributed by atoms with Crippen molar-refractivity contribution < 1.29 is 18.0 Å². The number of rotatable bonds is 4. The Kier molecular flexibility index (Phi) is 4.73. The van der Waals surface area contributed by atoms with Crippen molar-refractivity contribution in [3.8, 4) is 0 Å². The summed E-state index contributed by atoms with van der Waals surface area (Å²) in [6.45, 7) is 3.38. The zero-order valence-electron chi connectivity index (χ0n) is 12.4. The molecule has 2 rings (SSSR count). The molecule has 1 aliphatic rings. The number of carbonyl (C=O) groups excluding carboxylic acids is 1. The molecular weight excluding hydrogens is 295 g/mol. The maximum absolute atomic E-state index is 13.0. The fourth-order valence-corrected chi connectivity index (χ4v) is 2.27. The first kappa shape index (κ1) is 16.3. The molecule has 120 valence electrons. The zero-order chi connectivity index (χ0) is 16.3. The standard InChI is InChI=1S/C15H18F3N3O/c1-9(2)6-12(15(16,17)18)21-14(22)11-7-10-4-3-5-19-13(10)20-8-11/h3-5,8-9,12H,6-7H2,1-2H3,(H,19,20)(H,21,22)/t12-/m0/s1. The number of pyridine rings is 1. The predicted octanol–water partition coefficient (Wildman–Crippen LogP) is 3.03. The van der Waals surface area contributed by atoms with Crippen LogP contribution in [-0.4, -0.2) is 23.1 Å². The fraction of sp³-hybridized carbons (Fsp3) is 0.467. The summed E-state index contributed by atoms with van der Waals surface area (Å²) in [6.07, 6.45) is -1.33. The monoisotopic (exact) mass is 313 g/mol. The van der Waals surface area contributed by atoms with Gasteiger partial charge in [0.15, 0.2) is 0 Å². The summed E-state index contributed by atoms with van der Waals surface area (Å²) in [5.74, 6) is -0.256. The molecule has 1 atom stereocenters. The average Bonchev–Trinajstić information content (AvgIpc) is 2.44. The van der Waals surface area contributed by atoms with Crippen LogP contribution in [0.5, 0.6) is 0 Å². The molecule has 0 radical (unpaired) electrons. The van der Waals surface area contributed by atoms with Gasteiger partial charge in [0.2, 0.25) is 5.91 Å². The third-order valence-electron chi connectivity index (χ3n) is 3.35. The van der Waals surface area contributed by atoms with E-state index in [1.165, 1.54) is 6.20 Å². The highest BCUT2D eigenvalue weighted by Gasteiger charge is 2.41. The van der Waals surface area contributed by atoms with E-state index in [1.54, 1.807) is 32.2 Å². The van der Waals surface area contributed by atoms with Gasteiger partial charge in [0.25, 0.3) is 0 Å². The molecule has 1 aromatic rings. The lowest BCUT2D eigenvalue weighted by molar-refractivity contribution is -0.163. The molecule has 0 bridgehead atoms. The number of halogens is 3. The normalized spacial score (nSPS) is 15.6. The molecular formula is C15H18F3N3O. The van der Waals surface area contributed by atoms with Crippen LogP contribution in [0, 0.1) is 5.92 Å². The number of anilines is 1. The number of fused-ring (bicyclic) bond motifs is 1. The van der Waals surface area contributed by atoms with Crippen LogP contribution in [0.4, 0.5) is 19.0 Å². The molecule has 0 spiro atoms. The first-order valence-electron chi connectivity index (χ1n) is 7.04. The highest BCUT2D eigenvalue weighted by Crippen LogP contribution is 2.26. The topological polar surface area (TPSA) is 54.0 Å². The predicted molar refractivity (Wildman–Crippen MR) is 77.1 cm³/mol. The second-order valence-electron chi connectivity index (χ2n) is 5.70. The first-order valence-corrected chi connectivity index (χ1v) is 7.04. The number of nitrogens with zero attached hydrogens (tertiary/aromatic N) is 1. The second kappa shape index (κ2) is 6.37. The summed E-state index contributed by atoms with van der Waals surface area (Å²) in [7, 11) is 0. The summed E-state index contributed by atoms with van der Waals surface area (Å²) in [4.78, 5) is 16.2. The number of alkyl halides is 3. The van der Waals surface area contributed by atoms with Gasteiger partial charge in [-0.1, -0.05) is 19.9 Å². The molecule has 7 heteroatoms. The zero-order valence-corrected chi connectivity index (χ0v) is 12.4. The lowest BCUT2D eigenvalue weighted by Gasteiger charge is -2.25. The number of hydrogen-bond donors (Lipinski definition) is 2. The van der Waals surface area contributed by atoms with Gasteiger partial charge in [0.05, 0.1) is 0 Å². The van der Waals surface area contributed by atoms with Gasteiger partial charge < -0.3 is 10.6 Å². The van der Waals surface area contributed by atoms with Crippen molar-refractivity contribution >= 4 is 11.7 Å². The van der Waals surface area contributed by atoms with Crippen LogP contribution in [0.1, 0.15) is 25.8 Å². The Morgan fingerprint density at radius 2 is 2.18 bits per heavy atom. The number of aromatic nitrogens is 1. The van der Waals surface area contributed by atoms with Crippen molar-refractivity contribution in [3.05, 3.63) is 35.7 Å². The summed E-state index contributed by atoms with van der Waals surface area (Å²) in [6, 6.07) is 1.67. The highest BCUT2D eigenvalue weighted by atomic mass is 19.4. The van der Waals surface area contributed by atoms with E-state index in [0.29, 0.717) is 5.82 Å². The molecule has 1 aliphatic heterocycles. The van der Waals surface area contributed by atoms with Gasteiger partial charge in [-0.25, -0.2) is 4.98 Å². The largest absolute Gasteiger partial charge is 0.408 e. The molecule has 2 N–H and O–H groups in total. The minimum atomic E-state index is -4.46. The second-order valence-corrected chi connectivity index (χ2v) is 5.70. The Morgan fingerprint density at radius 3 is 2.82 bits per heavy atom. The molecule has 2 heterocycles. The third-order valence-corrected chi connectivity index (χ3v) is 3.35. The molecule has 1 aromatic heterocycles. The molecule has 22 heavy (non-hydrogen) atoms. The van der Waals surface area contributed by atoms with E-state index < -0.39 is 18.1 Å². The molecule has 0 aliphatic carbocycles. The number of hydrogen-bond acceptors (Lipinski definition) is 3. The van der Waals surface area contributed by atoms with Crippen LogP contribution in [0.15, 0.2) is 30.1 Å². The number of carbonyl (C=O) groups is 1. The van der Waals surface area contributed by atoms with E-state index in [2.05, 4.69) is 15.6 Å². The van der Waals surface area contributed by atoms with Crippen molar-refractivity contribution in [2.75, 3.05) is 5.32 Å². The van der Waals surface area contributed by atoms with Crippen LogP contribution in [0.25, 0.3) is 0 Å². The van der Waals surface area contributed by atoms with Gasteiger partial charge in [-0.15, -0.1) is 0 Å². The Labute approximate surface area is 126 Å². The van der Waals surface area contributed by atoms with Gasteiger partial charge in [0.1, 0.15) is 11.9 Å². The van der Waals surface area contributed by atoms with Crippen LogP contribution in [0.2, 0.25) is 0 Å². The molecule has 4 nitrogen and oxygen atoms in total. The smallest absolute Gasteiger partial charge is 0.346 e. The molecule has 1 amide bonds. The maximum Gasteiger partial charge on any atom is 0.408 e. The maximum atomic E-state index is 13.0. The Hall–Kier alpha value is -2.05. The summed E-state index contributed by atoms with van der Waals surface area (Å²) < 4.78 is 39.0. The van der Waals surface area contributed by atoms with Gasteiger partial charge in [-0.05, 0) is 24.0 Å². The van der Waals surface area contributed by atoms with E-state index in [0.717, 1.165) is 5.56 Å². The molecule has 0 unspecified atom stereocenters. The van der Waals surface area contributed by atoms with Crippen LogP contribution in [-0.2, 0) is 11.2 Å². The SMILES string of the molecule is CC(C)C[C@H](NC(=O)C1=CNc2ncccc2C1)C(F)(F)F. The van der Waals surface area contributed by atoms with E-state index in [-0.39, 0.29) is 24.3 Å². The lowest BCUT2D eigenvalue weighted by Crippen LogP contribution is -2.47. The van der Waals surface area contributed by atoms with Crippen molar-refractivity contribution in [3.63, 3.8) is 0 Å². The summed E-state index contributed by atoms with van der Waals surface area (Å²) >= 11 is 0. The van der Waals surface area contributed by atoms with Gasteiger partial charge in [-0.3, -0.25) is 4.79 Å². The molecule has 0 saturated heterocycles. The van der Waals surface area contributed by atoms with E-state index in [4.69, 9.17) is 0 Å². The number of amides is 1. The van der Waals surface area contributed by atoms with Crippen molar-refractivity contribution in [1.82, 2.24) is 10.3 Å². The van der Waals surface area contributed by atoms with Crippen LogP contribution in [0.3, 0.4) is 0 Å². The van der Waals surface area contributed by atoms with Crippen LogP contribution >= 0.6 is 0 Å². The number of nitrogens with one attached hydrogen (secondary N) is 2. The van der Waals surface area contributed by atoms with E-state index in [1.807, 2.05) is 0 Å². The summed E-state index contributed by atoms with van der Waals surface area (Å²) in [5.41, 5.74) is 1.04. The quantitative estimate of drug-likeness (QED) is 0.898. The highest BCUT2D eigenvalue weighted by molar-refractivity contribution is 5.95. The van der Waals surface area contributed by atoms with Gasteiger partial charge in [-0.2, -0.15) is 13.2 Å². The first-order chi connectivity index (χ1) is 10.3. The fourth-order valence-electron chi connectivity index (χ4n) is 2.27. The van der Waals surface area contributed by atoms with Gasteiger partial charge in [0, 0.05) is 24.4 Å². The Morgan fingerprint density at radius 1 is 1.45 bits per heavy atom. The third kappa shape index (κ3) is 3.99. The Balaban J connectivity index is 2.07. The van der Waals surface area contributed by atoms with E-state index >= 15 is 0 Å². The lowest BCUT2D eigenvalue weighted by atomic mass is 10.0. The molecule has 0 fully saturated rings. The van der Waals surface area contributed by atoms with Crippen molar-refractivity contribution in [2.45, 2.75) is 38.9 Å². The van der Waals surface area contributed by atoms with Gasteiger partial charge >= 0.3 is 6.18 Å². The summed E-state index contributed by atoms with van der Waals surface area (Å²) in [5, 5.41) is 4.93. The van der Waals surface area contributed by atoms with Crippen molar-refractivity contribution in [1.29, 1.82) is 0 Å². The Bertz CT molecular complexity index is 582. The minimum Gasteiger partial charge on any atom is -0.346 e. The van der Waals surface area contributed by atoms with E-state index in [9.17, 15) is 18.0 Å². The van der Waals surface area contributed by atoms with Crippen molar-refractivity contribution in [2.24, 2.45) is 5.92 Å². The minimum absolute atomic E-state index is 0.145. The molecule has 0 saturated carbocycles. The van der Waals surface area contributed by atoms with Crippen LogP contribution < -0.4 is 10.6 Å². The molecule has 0 aromatic carbocycles.